The normalized spacial score (nSPS) is 17.0. The standard InChI is InChI=1S/C37H43NO6/c1-37(2,3)44-36(40)38-19-18-34(35(24-38)43-26-28-10-11-31-23-32(39)15-12-30(31)22-28)29-13-16-33(17-14-29)42-21-7-20-41-25-27-8-5-4-6-9-27/h4-6,8-17,22-23,34-35,39H,7,18-21,24-26H2,1-3H3. The van der Waals surface area contributed by atoms with Crippen LogP contribution in [0, 0.1) is 0 Å². The summed E-state index contributed by atoms with van der Waals surface area (Å²) in [6.07, 6.45) is 1.05. The number of carbonyl (C=O) groups excluding carboxylic acids is 1. The van der Waals surface area contributed by atoms with Crippen molar-refractivity contribution in [3.05, 3.63) is 108 Å². The van der Waals surface area contributed by atoms with Crippen molar-refractivity contribution in [2.45, 2.75) is 64.4 Å². The molecule has 4 aromatic rings. The minimum absolute atomic E-state index is 0.117. The number of likely N-dealkylation sites (tertiary alicyclic amines) is 1. The monoisotopic (exact) mass is 597 g/mol. The average Bonchev–Trinajstić information content (AvgIpc) is 3.01. The van der Waals surface area contributed by atoms with Gasteiger partial charge in [0.05, 0.1) is 39.1 Å². The van der Waals surface area contributed by atoms with Gasteiger partial charge in [0, 0.05) is 18.9 Å². The molecular weight excluding hydrogens is 554 g/mol. The number of carbonyl (C=O) groups is 1. The van der Waals surface area contributed by atoms with E-state index in [-0.39, 0.29) is 23.9 Å². The molecular formula is C37H43NO6. The second-order valence-corrected chi connectivity index (χ2v) is 12.3. The summed E-state index contributed by atoms with van der Waals surface area (Å²) in [4.78, 5) is 14.7. The van der Waals surface area contributed by atoms with Crippen LogP contribution in [-0.2, 0) is 27.4 Å². The first kappa shape index (κ1) is 31.4. The van der Waals surface area contributed by atoms with E-state index >= 15 is 0 Å². The Morgan fingerprint density at radius 1 is 0.864 bits per heavy atom. The van der Waals surface area contributed by atoms with Crippen LogP contribution < -0.4 is 4.74 Å². The molecule has 7 heteroatoms. The van der Waals surface area contributed by atoms with E-state index in [0.717, 1.165) is 40.5 Å². The van der Waals surface area contributed by atoms with Gasteiger partial charge in [0.15, 0.2) is 0 Å². The fourth-order valence-corrected chi connectivity index (χ4v) is 5.46. The molecule has 1 amide bonds. The highest BCUT2D eigenvalue weighted by Crippen LogP contribution is 2.33. The number of fused-ring (bicyclic) bond motifs is 1. The van der Waals surface area contributed by atoms with Crippen LogP contribution in [-0.4, -0.2) is 54.1 Å². The Bertz CT molecular complexity index is 1500. The lowest BCUT2D eigenvalue weighted by Crippen LogP contribution is -2.48. The zero-order chi connectivity index (χ0) is 30.9. The van der Waals surface area contributed by atoms with Crippen LogP contribution in [0.3, 0.4) is 0 Å². The molecule has 7 nitrogen and oxygen atoms in total. The van der Waals surface area contributed by atoms with Gasteiger partial charge in [0.1, 0.15) is 17.1 Å². The lowest BCUT2D eigenvalue weighted by Gasteiger charge is -2.39. The van der Waals surface area contributed by atoms with Gasteiger partial charge in [-0.1, -0.05) is 60.7 Å². The topological polar surface area (TPSA) is 77.5 Å². The fraction of sp³-hybridized carbons (Fsp3) is 0.378. The van der Waals surface area contributed by atoms with Crippen molar-refractivity contribution in [1.82, 2.24) is 4.90 Å². The molecule has 0 radical (unpaired) electrons. The Hall–Kier alpha value is -4.07. The zero-order valence-electron chi connectivity index (χ0n) is 25.9. The Kier molecular flexibility index (Phi) is 10.4. The van der Waals surface area contributed by atoms with Crippen LogP contribution >= 0.6 is 0 Å². The molecule has 0 aromatic heterocycles. The first-order valence-electron chi connectivity index (χ1n) is 15.4. The first-order chi connectivity index (χ1) is 21.2. The molecule has 5 rings (SSSR count). The summed E-state index contributed by atoms with van der Waals surface area (Å²) in [7, 11) is 0. The van der Waals surface area contributed by atoms with E-state index in [9.17, 15) is 9.90 Å². The molecule has 1 heterocycles. The van der Waals surface area contributed by atoms with Gasteiger partial charge >= 0.3 is 6.09 Å². The number of piperidine rings is 1. The second-order valence-electron chi connectivity index (χ2n) is 12.3. The summed E-state index contributed by atoms with van der Waals surface area (Å²) in [5.74, 6) is 1.19. The number of nitrogens with zero attached hydrogens (tertiary/aromatic N) is 1. The molecule has 0 aliphatic carbocycles. The van der Waals surface area contributed by atoms with Crippen LogP contribution in [0.4, 0.5) is 4.79 Å². The summed E-state index contributed by atoms with van der Waals surface area (Å²) in [6, 6.07) is 29.8. The van der Waals surface area contributed by atoms with E-state index in [1.165, 1.54) is 5.56 Å². The summed E-state index contributed by atoms with van der Waals surface area (Å²) in [6.45, 7) is 8.93. The van der Waals surface area contributed by atoms with Crippen molar-refractivity contribution in [2.75, 3.05) is 26.3 Å². The molecule has 0 bridgehead atoms. The highest BCUT2D eigenvalue weighted by molar-refractivity contribution is 5.84. The van der Waals surface area contributed by atoms with Crippen molar-refractivity contribution >= 4 is 16.9 Å². The summed E-state index contributed by atoms with van der Waals surface area (Å²) < 4.78 is 23.9. The summed E-state index contributed by atoms with van der Waals surface area (Å²) >= 11 is 0. The molecule has 1 aliphatic rings. The highest BCUT2D eigenvalue weighted by Gasteiger charge is 2.35. The van der Waals surface area contributed by atoms with Gasteiger partial charge < -0.3 is 29.0 Å². The maximum absolute atomic E-state index is 12.9. The molecule has 2 unspecified atom stereocenters. The third kappa shape index (κ3) is 8.97. The molecule has 1 aliphatic heterocycles. The van der Waals surface area contributed by atoms with Crippen LogP contribution in [0.2, 0.25) is 0 Å². The average molecular weight is 598 g/mol. The largest absolute Gasteiger partial charge is 0.508 e. The smallest absolute Gasteiger partial charge is 0.410 e. The van der Waals surface area contributed by atoms with Crippen molar-refractivity contribution in [2.24, 2.45) is 0 Å². The van der Waals surface area contributed by atoms with Crippen molar-refractivity contribution in [1.29, 1.82) is 0 Å². The minimum atomic E-state index is -0.562. The van der Waals surface area contributed by atoms with Crippen LogP contribution in [0.5, 0.6) is 11.5 Å². The lowest BCUT2D eigenvalue weighted by atomic mass is 9.87. The van der Waals surface area contributed by atoms with Gasteiger partial charge in [-0.25, -0.2) is 4.79 Å². The molecule has 1 fully saturated rings. The number of phenolic OH excluding ortho intramolecular Hbond substituents is 1. The minimum Gasteiger partial charge on any atom is -0.508 e. The quantitative estimate of drug-likeness (QED) is 0.178. The second kappa shape index (κ2) is 14.6. The predicted octanol–water partition coefficient (Wildman–Crippen LogP) is 7.84. The Labute approximate surface area is 260 Å². The number of benzene rings is 4. The van der Waals surface area contributed by atoms with E-state index < -0.39 is 5.60 Å². The number of amides is 1. The highest BCUT2D eigenvalue weighted by atomic mass is 16.6. The Morgan fingerprint density at radius 2 is 1.61 bits per heavy atom. The van der Waals surface area contributed by atoms with E-state index in [1.807, 2.05) is 69.3 Å². The van der Waals surface area contributed by atoms with E-state index in [0.29, 0.717) is 39.5 Å². The van der Waals surface area contributed by atoms with E-state index in [2.05, 4.69) is 30.3 Å². The SMILES string of the molecule is CC(C)(C)OC(=O)N1CCC(c2ccc(OCCCOCc3ccccc3)cc2)C(OCc2ccc3cc(O)ccc3c2)C1. The number of hydrogen-bond acceptors (Lipinski definition) is 6. The van der Waals surface area contributed by atoms with Gasteiger partial charge in [0.25, 0.3) is 0 Å². The molecule has 1 N–H and O–H groups in total. The summed E-state index contributed by atoms with van der Waals surface area (Å²) in [5, 5.41) is 11.8. The molecule has 2 atom stereocenters. The van der Waals surface area contributed by atoms with Crippen molar-refractivity contribution in [3.8, 4) is 11.5 Å². The lowest BCUT2D eigenvalue weighted by molar-refractivity contribution is -0.0359. The van der Waals surface area contributed by atoms with E-state index in [4.69, 9.17) is 18.9 Å². The fourth-order valence-electron chi connectivity index (χ4n) is 5.46. The number of phenols is 1. The maximum atomic E-state index is 12.9. The van der Waals surface area contributed by atoms with Crippen molar-refractivity contribution in [3.63, 3.8) is 0 Å². The first-order valence-corrected chi connectivity index (χ1v) is 15.4. The third-order valence-corrected chi connectivity index (χ3v) is 7.68. The van der Waals surface area contributed by atoms with Crippen LogP contribution in [0.15, 0.2) is 91.0 Å². The number of rotatable bonds is 11. The van der Waals surface area contributed by atoms with Gasteiger partial charge in [-0.05, 0) is 85.0 Å². The molecule has 0 saturated carbocycles. The van der Waals surface area contributed by atoms with Gasteiger partial charge in [-0.2, -0.15) is 0 Å². The maximum Gasteiger partial charge on any atom is 0.410 e. The van der Waals surface area contributed by atoms with Gasteiger partial charge in [-0.3, -0.25) is 0 Å². The van der Waals surface area contributed by atoms with Gasteiger partial charge in [-0.15, -0.1) is 0 Å². The van der Waals surface area contributed by atoms with Crippen LogP contribution in [0.1, 0.15) is 56.2 Å². The molecule has 4 aromatic carbocycles. The third-order valence-electron chi connectivity index (χ3n) is 7.68. The Balaban J connectivity index is 1.19. The number of aromatic hydroxyl groups is 1. The molecule has 232 valence electrons. The number of ether oxygens (including phenoxy) is 4. The molecule has 44 heavy (non-hydrogen) atoms. The van der Waals surface area contributed by atoms with E-state index in [1.54, 1.807) is 17.0 Å². The van der Waals surface area contributed by atoms with Crippen molar-refractivity contribution < 1.29 is 28.8 Å². The van der Waals surface area contributed by atoms with Gasteiger partial charge in [0.2, 0.25) is 0 Å². The predicted molar refractivity (Wildman–Crippen MR) is 172 cm³/mol. The Morgan fingerprint density at radius 3 is 2.39 bits per heavy atom. The molecule has 0 spiro atoms. The zero-order valence-corrected chi connectivity index (χ0v) is 25.9. The summed E-state index contributed by atoms with van der Waals surface area (Å²) in [5.41, 5.74) is 2.80. The molecule has 1 saturated heterocycles. The van der Waals surface area contributed by atoms with Crippen LogP contribution in [0.25, 0.3) is 10.8 Å². The number of hydrogen-bond donors (Lipinski definition) is 1.